The lowest BCUT2D eigenvalue weighted by Crippen LogP contribution is -2.34. The molecular formula is C19H23ClN2O3S. The lowest BCUT2D eigenvalue weighted by atomic mass is 10.1. The first-order valence-corrected chi connectivity index (χ1v) is 10.4. The molecule has 0 radical (unpaired) electrons. The lowest BCUT2D eigenvalue weighted by molar-refractivity contribution is -0.115. The number of carbonyl (C=O) groups is 1. The third-order valence-corrected chi connectivity index (χ3v) is 5.58. The van der Waals surface area contributed by atoms with E-state index in [1.807, 2.05) is 50.2 Å². The summed E-state index contributed by atoms with van der Waals surface area (Å²) in [6.45, 7) is 3.42. The SMILES string of the molecule is Cc1cc(C)c(NC(=O)CNS(=O)(=O)CCCc2ccccc2)c(Cl)c1. The Morgan fingerprint density at radius 3 is 2.46 bits per heavy atom. The van der Waals surface area contributed by atoms with Crippen LogP contribution in [-0.4, -0.2) is 26.6 Å². The van der Waals surface area contributed by atoms with Crippen LogP contribution >= 0.6 is 11.6 Å². The van der Waals surface area contributed by atoms with Crippen LogP contribution in [0.5, 0.6) is 0 Å². The number of benzene rings is 2. The summed E-state index contributed by atoms with van der Waals surface area (Å²) >= 11 is 6.14. The van der Waals surface area contributed by atoms with E-state index in [0.29, 0.717) is 23.6 Å². The molecule has 140 valence electrons. The van der Waals surface area contributed by atoms with Gasteiger partial charge in [-0.2, -0.15) is 0 Å². The largest absolute Gasteiger partial charge is 0.323 e. The van der Waals surface area contributed by atoms with Gasteiger partial charge in [-0.1, -0.05) is 48.0 Å². The van der Waals surface area contributed by atoms with Gasteiger partial charge in [-0.25, -0.2) is 13.1 Å². The fourth-order valence-electron chi connectivity index (χ4n) is 2.62. The molecule has 7 heteroatoms. The van der Waals surface area contributed by atoms with Gasteiger partial charge < -0.3 is 5.32 Å². The molecule has 0 spiro atoms. The Bertz CT molecular complexity index is 845. The van der Waals surface area contributed by atoms with Gasteiger partial charge in [0, 0.05) is 0 Å². The summed E-state index contributed by atoms with van der Waals surface area (Å²) in [4.78, 5) is 12.0. The molecule has 0 aliphatic heterocycles. The van der Waals surface area contributed by atoms with E-state index in [2.05, 4.69) is 10.0 Å². The molecular weight excluding hydrogens is 372 g/mol. The maximum Gasteiger partial charge on any atom is 0.239 e. The topological polar surface area (TPSA) is 75.3 Å². The highest BCUT2D eigenvalue weighted by Gasteiger charge is 2.14. The Labute approximate surface area is 159 Å². The van der Waals surface area contributed by atoms with E-state index >= 15 is 0 Å². The van der Waals surface area contributed by atoms with Crippen molar-refractivity contribution in [2.24, 2.45) is 0 Å². The van der Waals surface area contributed by atoms with E-state index in [-0.39, 0.29) is 12.3 Å². The zero-order valence-corrected chi connectivity index (χ0v) is 16.5. The van der Waals surface area contributed by atoms with Crippen LogP contribution in [0.3, 0.4) is 0 Å². The average Bonchev–Trinajstić information content (AvgIpc) is 2.57. The second-order valence-corrected chi connectivity index (χ2v) is 8.55. The van der Waals surface area contributed by atoms with Crippen LogP contribution in [0.15, 0.2) is 42.5 Å². The molecule has 0 aliphatic carbocycles. The van der Waals surface area contributed by atoms with Gasteiger partial charge in [0.25, 0.3) is 0 Å². The van der Waals surface area contributed by atoms with E-state index in [1.165, 1.54) is 0 Å². The van der Waals surface area contributed by atoms with Gasteiger partial charge in [0.2, 0.25) is 15.9 Å². The number of halogens is 1. The number of carbonyl (C=O) groups excluding carboxylic acids is 1. The molecule has 0 aliphatic rings. The molecule has 0 saturated carbocycles. The monoisotopic (exact) mass is 394 g/mol. The van der Waals surface area contributed by atoms with Crippen LogP contribution < -0.4 is 10.0 Å². The number of hydrogen-bond donors (Lipinski definition) is 2. The Morgan fingerprint density at radius 1 is 1.12 bits per heavy atom. The Hall–Kier alpha value is -1.89. The highest BCUT2D eigenvalue weighted by Crippen LogP contribution is 2.27. The van der Waals surface area contributed by atoms with Gasteiger partial charge in [0.15, 0.2) is 0 Å². The number of aryl methyl sites for hydroxylation is 3. The molecule has 0 saturated heterocycles. The molecule has 0 aromatic heterocycles. The zero-order chi connectivity index (χ0) is 19.2. The van der Waals surface area contributed by atoms with Crippen LogP contribution in [0, 0.1) is 13.8 Å². The lowest BCUT2D eigenvalue weighted by Gasteiger charge is -2.12. The van der Waals surface area contributed by atoms with Crippen molar-refractivity contribution in [1.29, 1.82) is 0 Å². The number of nitrogens with one attached hydrogen (secondary N) is 2. The molecule has 2 aromatic carbocycles. The fourth-order valence-corrected chi connectivity index (χ4v) is 4.00. The summed E-state index contributed by atoms with van der Waals surface area (Å²) in [5.41, 5.74) is 3.41. The molecule has 2 N–H and O–H groups in total. The minimum Gasteiger partial charge on any atom is -0.323 e. The van der Waals surface area contributed by atoms with E-state index < -0.39 is 15.9 Å². The van der Waals surface area contributed by atoms with Crippen LogP contribution in [0.4, 0.5) is 5.69 Å². The second-order valence-electron chi connectivity index (χ2n) is 6.22. The number of amides is 1. The number of hydrogen-bond acceptors (Lipinski definition) is 3. The molecule has 2 aromatic rings. The molecule has 5 nitrogen and oxygen atoms in total. The number of anilines is 1. The molecule has 0 fully saturated rings. The standard InChI is InChI=1S/C19H23ClN2O3S/c1-14-11-15(2)19(17(20)12-14)22-18(23)13-21-26(24,25)10-6-9-16-7-4-3-5-8-16/h3-5,7-8,11-12,21H,6,9-10,13H2,1-2H3,(H,22,23). The number of sulfonamides is 1. The molecule has 2 rings (SSSR count). The zero-order valence-electron chi connectivity index (χ0n) is 14.9. The van der Waals surface area contributed by atoms with Gasteiger partial charge in [-0.15, -0.1) is 0 Å². The molecule has 0 heterocycles. The predicted molar refractivity (Wildman–Crippen MR) is 106 cm³/mol. The van der Waals surface area contributed by atoms with Gasteiger partial charge in [0.05, 0.1) is 23.0 Å². The highest BCUT2D eigenvalue weighted by molar-refractivity contribution is 7.89. The van der Waals surface area contributed by atoms with E-state index in [0.717, 1.165) is 16.7 Å². The summed E-state index contributed by atoms with van der Waals surface area (Å²) in [5, 5.41) is 3.09. The summed E-state index contributed by atoms with van der Waals surface area (Å²) < 4.78 is 26.4. The summed E-state index contributed by atoms with van der Waals surface area (Å²) in [7, 11) is -3.51. The normalized spacial score (nSPS) is 11.3. The first kappa shape index (κ1) is 20.4. The van der Waals surface area contributed by atoms with Gasteiger partial charge in [0.1, 0.15) is 0 Å². The second kappa shape index (κ2) is 9.16. The van der Waals surface area contributed by atoms with Gasteiger partial charge in [-0.05, 0) is 49.4 Å². The van der Waals surface area contributed by atoms with Crippen molar-refractivity contribution in [1.82, 2.24) is 4.72 Å². The van der Waals surface area contributed by atoms with Crippen molar-refractivity contribution >= 4 is 33.2 Å². The minimum atomic E-state index is -3.51. The van der Waals surface area contributed by atoms with Crippen molar-refractivity contribution in [2.75, 3.05) is 17.6 Å². The molecule has 26 heavy (non-hydrogen) atoms. The van der Waals surface area contributed by atoms with Crippen molar-refractivity contribution in [3.63, 3.8) is 0 Å². The Kier molecular flexibility index (Phi) is 7.20. The molecule has 0 unspecified atom stereocenters. The van der Waals surface area contributed by atoms with Crippen LogP contribution in [0.25, 0.3) is 0 Å². The average molecular weight is 395 g/mol. The highest BCUT2D eigenvalue weighted by atomic mass is 35.5. The van der Waals surface area contributed by atoms with Crippen molar-refractivity contribution < 1.29 is 13.2 Å². The first-order valence-electron chi connectivity index (χ1n) is 8.35. The first-order chi connectivity index (χ1) is 12.3. The Balaban J connectivity index is 1.82. The minimum absolute atomic E-state index is 0.0283. The molecule has 0 atom stereocenters. The predicted octanol–water partition coefficient (Wildman–Crippen LogP) is 3.45. The van der Waals surface area contributed by atoms with Gasteiger partial charge >= 0.3 is 0 Å². The summed E-state index contributed by atoms with van der Waals surface area (Å²) in [6, 6.07) is 13.3. The fraction of sp³-hybridized carbons (Fsp3) is 0.316. The maximum absolute atomic E-state index is 12.0. The third-order valence-electron chi connectivity index (χ3n) is 3.87. The van der Waals surface area contributed by atoms with Crippen LogP contribution in [0.1, 0.15) is 23.1 Å². The quantitative estimate of drug-likeness (QED) is 0.720. The molecule has 0 bridgehead atoms. The van der Waals surface area contributed by atoms with E-state index in [4.69, 9.17) is 11.6 Å². The number of rotatable bonds is 8. The summed E-state index contributed by atoms with van der Waals surface area (Å²) in [5.74, 6) is -0.482. The Morgan fingerprint density at radius 2 is 1.81 bits per heavy atom. The van der Waals surface area contributed by atoms with Crippen molar-refractivity contribution in [3.8, 4) is 0 Å². The van der Waals surface area contributed by atoms with Gasteiger partial charge in [-0.3, -0.25) is 4.79 Å². The van der Waals surface area contributed by atoms with Crippen molar-refractivity contribution in [3.05, 3.63) is 64.2 Å². The third kappa shape index (κ3) is 6.44. The van der Waals surface area contributed by atoms with Crippen molar-refractivity contribution in [2.45, 2.75) is 26.7 Å². The maximum atomic E-state index is 12.0. The van der Waals surface area contributed by atoms with E-state index in [1.54, 1.807) is 6.07 Å². The smallest absolute Gasteiger partial charge is 0.239 e. The van der Waals surface area contributed by atoms with E-state index in [9.17, 15) is 13.2 Å². The van der Waals surface area contributed by atoms with Crippen LogP contribution in [-0.2, 0) is 21.2 Å². The summed E-state index contributed by atoms with van der Waals surface area (Å²) in [6.07, 6.45) is 1.16. The molecule has 1 amide bonds. The van der Waals surface area contributed by atoms with Crippen LogP contribution in [0.2, 0.25) is 5.02 Å².